The van der Waals surface area contributed by atoms with Gasteiger partial charge >= 0.3 is 0 Å². The van der Waals surface area contributed by atoms with E-state index < -0.39 is 0 Å². The van der Waals surface area contributed by atoms with Gasteiger partial charge < -0.3 is 14.8 Å². The van der Waals surface area contributed by atoms with Crippen LogP contribution in [0.1, 0.15) is 31.4 Å². The Morgan fingerprint density at radius 2 is 2.26 bits per heavy atom. The summed E-state index contributed by atoms with van der Waals surface area (Å²) in [5, 5.41) is 3.38. The largest absolute Gasteiger partial charge is 0.487 e. The Balaban J connectivity index is 1.62. The first-order valence-electron chi connectivity index (χ1n) is 7.22. The molecule has 106 valence electrons. The molecule has 0 spiro atoms. The van der Waals surface area contributed by atoms with Gasteiger partial charge in [0.25, 0.3) is 0 Å². The van der Waals surface area contributed by atoms with Gasteiger partial charge in [-0.25, -0.2) is 0 Å². The minimum Gasteiger partial charge on any atom is -0.487 e. The zero-order valence-electron chi connectivity index (χ0n) is 12.2. The summed E-state index contributed by atoms with van der Waals surface area (Å²) in [4.78, 5) is 0. The molecule has 1 aromatic rings. The van der Waals surface area contributed by atoms with Gasteiger partial charge in [-0.05, 0) is 31.5 Å². The highest BCUT2D eigenvalue weighted by Crippen LogP contribution is 2.29. The van der Waals surface area contributed by atoms with Crippen molar-refractivity contribution >= 4 is 0 Å². The molecule has 1 aromatic carbocycles. The molecule has 0 bridgehead atoms. The van der Waals surface area contributed by atoms with Crippen LogP contribution in [0, 0.1) is 6.92 Å². The predicted octanol–water partition coefficient (Wildman–Crippen LogP) is 2.70. The first-order valence-corrected chi connectivity index (χ1v) is 7.22. The molecular formula is C16H25NO2. The van der Waals surface area contributed by atoms with Crippen LogP contribution in [0.5, 0.6) is 5.75 Å². The van der Waals surface area contributed by atoms with Gasteiger partial charge in [0.15, 0.2) is 0 Å². The first kappa shape index (κ1) is 14.4. The second kappa shape index (κ2) is 6.92. The molecule has 3 nitrogen and oxygen atoms in total. The fourth-order valence-electron chi connectivity index (χ4n) is 2.32. The first-order chi connectivity index (χ1) is 9.15. The van der Waals surface area contributed by atoms with Gasteiger partial charge in [0, 0.05) is 19.1 Å². The molecular weight excluding hydrogens is 238 g/mol. The molecule has 0 fully saturated rings. The summed E-state index contributed by atoms with van der Waals surface area (Å²) in [5.41, 5.74) is 2.61. The van der Waals surface area contributed by atoms with Gasteiger partial charge in [0.2, 0.25) is 0 Å². The summed E-state index contributed by atoms with van der Waals surface area (Å²) < 4.78 is 11.6. The Labute approximate surface area is 116 Å². The Hall–Kier alpha value is -1.06. The molecule has 19 heavy (non-hydrogen) atoms. The smallest absolute Gasteiger partial charge is 0.126 e. The van der Waals surface area contributed by atoms with Crippen LogP contribution < -0.4 is 10.1 Å². The summed E-state index contributed by atoms with van der Waals surface area (Å²) >= 11 is 0. The number of ether oxygens (including phenoxy) is 2. The molecule has 0 saturated heterocycles. The zero-order chi connectivity index (χ0) is 13.7. The van der Waals surface area contributed by atoms with Crippen molar-refractivity contribution in [3.05, 3.63) is 29.3 Å². The van der Waals surface area contributed by atoms with Gasteiger partial charge in [0.05, 0.1) is 6.61 Å². The number of rotatable bonds is 7. The van der Waals surface area contributed by atoms with Crippen LogP contribution in [0.3, 0.4) is 0 Å². The highest BCUT2D eigenvalue weighted by Gasteiger charge is 2.22. The lowest BCUT2D eigenvalue weighted by Crippen LogP contribution is -2.25. The van der Waals surface area contributed by atoms with Crippen molar-refractivity contribution in [3.63, 3.8) is 0 Å². The molecule has 1 N–H and O–H groups in total. The molecule has 1 aliphatic heterocycles. The number of benzene rings is 1. The third-order valence-corrected chi connectivity index (χ3v) is 3.28. The van der Waals surface area contributed by atoms with Crippen LogP contribution in [0.25, 0.3) is 0 Å². The van der Waals surface area contributed by atoms with Crippen molar-refractivity contribution < 1.29 is 9.47 Å². The number of fused-ring (bicyclic) bond motifs is 1. The third kappa shape index (κ3) is 4.51. The molecule has 3 heteroatoms. The van der Waals surface area contributed by atoms with E-state index in [4.69, 9.17) is 9.47 Å². The molecule has 0 aliphatic carbocycles. The second-order valence-corrected chi connectivity index (χ2v) is 5.59. The Morgan fingerprint density at radius 3 is 3.05 bits per heavy atom. The van der Waals surface area contributed by atoms with Gasteiger partial charge in [-0.15, -0.1) is 0 Å². The normalized spacial score (nSPS) is 17.6. The van der Waals surface area contributed by atoms with Crippen LogP contribution in [0.4, 0.5) is 0 Å². The van der Waals surface area contributed by atoms with Crippen LogP contribution in [0.15, 0.2) is 18.2 Å². The number of hydrogen-bond acceptors (Lipinski definition) is 3. The lowest BCUT2D eigenvalue weighted by molar-refractivity contribution is 0.0592. The fourth-order valence-corrected chi connectivity index (χ4v) is 2.32. The molecule has 0 aromatic heterocycles. The number of nitrogens with one attached hydrogen (secondary N) is 1. The highest BCUT2D eigenvalue weighted by atomic mass is 16.5. The molecule has 0 amide bonds. The standard InChI is InChI=1S/C16H25NO2/c1-12(2)17-7-4-8-18-11-15-10-14-9-13(3)5-6-16(14)19-15/h5-6,9,12,15,17H,4,7-8,10-11H2,1-3H3. The van der Waals surface area contributed by atoms with E-state index in [1.54, 1.807) is 0 Å². The Morgan fingerprint density at radius 1 is 1.42 bits per heavy atom. The predicted molar refractivity (Wildman–Crippen MR) is 77.9 cm³/mol. The maximum absolute atomic E-state index is 5.87. The van der Waals surface area contributed by atoms with E-state index in [0.717, 1.165) is 31.7 Å². The highest BCUT2D eigenvalue weighted by molar-refractivity contribution is 5.40. The minimum atomic E-state index is 0.190. The molecule has 1 aliphatic rings. The molecule has 1 unspecified atom stereocenters. The van der Waals surface area contributed by atoms with Crippen LogP contribution >= 0.6 is 0 Å². The lowest BCUT2D eigenvalue weighted by atomic mass is 10.1. The molecule has 1 heterocycles. The maximum atomic E-state index is 5.87. The van der Waals surface area contributed by atoms with E-state index in [1.807, 2.05) is 0 Å². The summed E-state index contributed by atoms with van der Waals surface area (Å²) in [7, 11) is 0. The minimum absolute atomic E-state index is 0.190. The van der Waals surface area contributed by atoms with Crippen molar-refractivity contribution in [2.24, 2.45) is 0 Å². The van der Waals surface area contributed by atoms with Crippen LogP contribution in [0.2, 0.25) is 0 Å². The average Bonchev–Trinajstić information content (AvgIpc) is 2.75. The van der Waals surface area contributed by atoms with E-state index in [1.165, 1.54) is 11.1 Å². The molecule has 0 saturated carbocycles. The summed E-state index contributed by atoms with van der Waals surface area (Å²) in [5.74, 6) is 1.03. The Bertz CT molecular complexity index is 404. The zero-order valence-corrected chi connectivity index (χ0v) is 12.2. The summed E-state index contributed by atoms with van der Waals surface area (Å²) in [6, 6.07) is 6.93. The maximum Gasteiger partial charge on any atom is 0.126 e. The average molecular weight is 263 g/mol. The van der Waals surface area contributed by atoms with Crippen molar-refractivity contribution in [1.29, 1.82) is 0 Å². The van der Waals surface area contributed by atoms with E-state index in [9.17, 15) is 0 Å². The SMILES string of the molecule is Cc1ccc2c(c1)CC(COCCCNC(C)C)O2. The third-order valence-electron chi connectivity index (χ3n) is 3.28. The van der Waals surface area contributed by atoms with E-state index in [2.05, 4.69) is 44.3 Å². The Kier molecular flexibility index (Phi) is 5.23. The van der Waals surface area contributed by atoms with E-state index >= 15 is 0 Å². The molecule has 2 rings (SSSR count). The lowest BCUT2D eigenvalue weighted by Gasteiger charge is -2.12. The summed E-state index contributed by atoms with van der Waals surface area (Å²) in [6.45, 7) is 8.94. The topological polar surface area (TPSA) is 30.5 Å². The van der Waals surface area contributed by atoms with Gasteiger partial charge in [0.1, 0.15) is 11.9 Å². The number of aryl methyl sites for hydroxylation is 1. The van der Waals surface area contributed by atoms with Gasteiger partial charge in [-0.1, -0.05) is 31.5 Å². The van der Waals surface area contributed by atoms with Gasteiger partial charge in [-0.2, -0.15) is 0 Å². The number of hydrogen-bond donors (Lipinski definition) is 1. The molecule has 0 radical (unpaired) electrons. The summed E-state index contributed by atoms with van der Waals surface area (Å²) in [6.07, 6.45) is 2.22. The van der Waals surface area contributed by atoms with Crippen LogP contribution in [-0.4, -0.2) is 31.9 Å². The van der Waals surface area contributed by atoms with Crippen molar-refractivity contribution in [2.75, 3.05) is 19.8 Å². The van der Waals surface area contributed by atoms with E-state index in [0.29, 0.717) is 12.6 Å². The quantitative estimate of drug-likeness (QED) is 0.767. The molecule has 1 atom stereocenters. The van der Waals surface area contributed by atoms with E-state index in [-0.39, 0.29) is 6.10 Å². The van der Waals surface area contributed by atoms with Crippen molar-refractivity contribution in [1.82, 2.24) is 5.32 Å². The monoisotopic (exact) mass is 263 g/mol. The van der Waals surface area contributed by atoms with Gasteiger partial charge in [-0.3, -0.25) is 0 Å². The van der Waals surface area contributed by atoms with Crippen molar-refractivity contribution in [2.45, 2.75) is 45.8 Å². The van der Waals surface area contributed by atoms with Crippen molar-refractivity contribution in [3.8, 4) is 5.75 Å². The fraction of sp³-hybridized carbons (Fsp3) is 0.625. The second-order valence-electron chi connectivity index (χ2n) is 5.59. The van der Waals surface area contributed by atoms with Crippen LogP contribution in [-0.2, 0) is 11.2 Å².